The molecule has 1 heterocycles. The second kappa shape index (κ2) is 7.57. The van der Waals surface area contributed by atoms with E-state index in [0.29, 0.717) is 17.9 Å². The van der Waals surface area contributed by atoms with Crippen LogP contribution < -0.4 is 10.6 Å². The number of carbonyl (C=O) groups excluding carboxylic acids is 1. The van der Waals surface area contributed by atoms with Crippen molar-refractivity contribution < 1.29 is 4.79 Å². The van der Waals surface area contributed by atoms with Crippen LogP contribution >= 0.6 is 0 Å². The van der Waals surface area contributed by atoms with Gasteiger partial charge in [0.15, 0.2) is 5.78 Å². The average Bonchev–Trinajstić information content (AvgIpc) is 2.62. The maximum Gasteiger partial charge on any atom is 0.159 e. The molecule has 0 atom stereocenters. The number of nitrogens with one attached hydrogen (secondary N) is 2. The number of benzene rings is 2. The third-order valence-electron chi connectivity index (χ3n) is 3.83. The number of aromatic nitrogens is 2. The first kappa shape index (κ1) is 16.6. The molecule has 3 aromatic rings. The van der Waals surface area contributed by atoms with Crippen molar-refractivity contribution in [3.63, 3.8) is 0 Å². The molecule has 0 unspecified atom stereocenters. The molecule has 0 aliphatic carbocycles. The summed E-state index contributed by atoms with van der Waals surface area (Å²) in [5.41, 5.74) is 3.99. The average molecular weight is 332 g/mol. The third kappa shape index (κ3) is 4.64. The van der Waals surface area contributed by atoms with Crippen molar-refractivity contribution in [1.82, 2.24) is 9.97 Å². The molecule has 0 saturated carbocycles. The Kier molecular flexibility index (Phi) is 5.04. The lowest BCUT2D eigenvalue weighted by atomic mass is 10.1. The molecule has 0 aliphatic heterocycles. The molecule has 0 aliphatic rings. The minimum Gasteiger partial charge on any atom is -0.366 e. The highest BCUT2D eigenvalue weighted by Crippen LogP contribution is 2.17. The Morgan fingerprint density at radius 1 is 0.960 bits per heavy atom. The summed E-state index contributed by atoms with van der Waals surface area (Å²) in [6.45, 7) is 4.32. The molecule has 2 N–H and O–H groups in total. The van der Waals surface area contributed by atoms with Crippen molar-refractivity contribution in [2.24, 2.45) is 0 Å². The molecule has 5 heteroatoms. The number of hydrogen-bond acceptors (Lipinski definition) is 5. The van der Waals surface area contributed by atoms with E-state index in [9.17, 15) is 4.79 Å². The molecule has 0 spiro atoms. The molecule has 3 rings (SSSR count). The third-order valence-corrected chi connectivity index (χ3v) is 3.83. The van der Waals surface area contributed by atoms with Gasteiger partial charge in [0.1, 0.15) is 18.0 Å². The Balaban J connectivity index is 1.64. The van der Waals surface area contributed by atoms with Crippen LogP contribution in [0.2, 0.25) is 0 Å². The predicted octanol–water partition coefficient (Wildman–Crippen LogP) is 4.34. The SMILES string of the molecule is CC(=O)c1ccc(Nc2cc(NCc3ccc(C)cc3)ncn2)cc1. The van der Waals surface area contributed by atoms with E-state index in [4.69, 9.17) is 0 Å². The van der Waals surface area contributed by atoms with Gasteiger partial charge in [-0.15, -0.1) is 0 Å². The molecule has 0 amide bonds. The fraction of sp³-hybridized carbons (Fsp3) is 0.150. The number of hydrogen-bond donors (Lipinski definition) is 2. The van der Waals surface area contributed by atoms with E-state index in [0.717, 1.165) is 11.5 Å². The fourth-order valence-corrected chi connectivity index (χ4v) is 2.36. The zero-order valence-corrected chi connectivity index (χ0v) is 14.3. The molecule has 5 nitrogen and oxygen atoms in total. The van der Waals surface area contributed by atoms with Gasteiger partial charge in [-0.2, -0.15) is 0 Å². The van der Waals surface area contributed by atoms with E-state index in [1.165, 1.54) is 17.5 Å². The second-order valence-electron chi connectivity index (χ2n) is 5.89. The molecule has 0 fully saturated rings. The molecule has 0 radical (unpaired) electrons. The lowest BCUT2D eigenvalue weighted by molar-refractivity contribution is 0.101. The smallest absolute Gasteiger partial charge is 0.159 e. The first-order valence-corrected chi connectivity index (χ1v) is 8.09. The van der Waals surface area contributed by atoms with Gasteiger partial charge in [0, 0.05) is 23.9 Å². The Bertz CT molecular complexity index is 858. The number of carbonyl (C=O) groups is 1. The van der Waals surface area contributed by atoms with Crippen LogP contribution in [0.1, 0.15) is 28.4 Å². The maximum absolute atomic E-state index is 11.3. The summed E-state index contributed by atoms with van der Waals surface area (Å²) in [4.78, 5) is 19.8. The van der Waals surface area contributed by atoms with Crippen LogP contribution in [-0.2, 0) is 6.54 Å². The first-order valence-electron chi connectivity index (χ1n) is 8.09. The van der Waals surface area contributed by atoms with Gasteiger partial charge in [-0.3, -0.25) is 4.79 Å². The van der Waals surface area contributed by atoms with Gasteiger partial charge in [0.05, 0.1) is 0 Å². The van der Waals surface area contributed by atoms with E-state index in [1.807, 2.05) is 18.2 Å². The molecule has 1 aromatic heterocycles. The highest BCUT2D eigenvalue weighted by atomic mass is 16.1. The Hall–Kier alpha value is -3.21. The number of anilines is 3. The highest BCUT2D eigenvalue weighted by Gasteiger charge is 2.02. The molecule has 2 aromatic carbocycles. The zero-order chi connectivity index (χ0) is 17.6. The quantitative estimate of drug-likeness (QED) is 0.657. The van der Waals surface area contributed by atoms with Crippen molar-refractivity contribution in [2.75, 3.05) is 10.6 Å². The first-order chi connectivity index (χ1) is 12.1. The standard InChI is InChI=1S/C20H20N4O/c1-14-3-5-16(6-4-14)12-21-19-11-20(23-13-22-19)24-18-9-7-17(8-10-18)15(2)25/h3-11,13H,12H2,1-2H3,(H2,21,22,23,24). The highest BCUT2D eigenvalue weighted by molar-refractivity contribution is 5.94. The fourth-order valence-electron chi connectivity index (χ4n) is 2.36. The lowest BCUT2D eigenvalue weighted by Gasteiger charge is -2.09. The van der Waals surface area contributed by atoms with Gasteiger partial charge in [-0.25, -0.2) is 9.97 Å². The van der Waals surface area contributed by atoms with Crippen LogP contribution in [0.3, 0.4) is 0 Å². The lowest BCUT2D eigenvalue weighted by Crippen LogP contribution is -2.03. The number of rotatable bonds is 6. The summed E-state index contributed by atoms with van der Waals surface area (Å²) in [5.74, 6) is 1.49. The van der Waals surface area contributed by atoms with Crippen molar-refractivity contribution in [3.05, 3.63) is 77.6 Å². The van der Waals surface area contributed by atoms with Crippen molar-refractivity contribution in [3.8, 4) is 0 Å². The number of ketones is 1. The number of aryl methyl sites for hydroxylation is 1. The van der Waals surface area contributed by atoms with Crippen LogP contribution in [-0.4, -0.2) is 15.8 Å². The van der Waals surface area contributed by atoms with Gasteiger partial charge in [-0.1, -0.05) is 29.8 Å². The van der Waals surface area contributed by atoms with Crippen LogP contribution in [0.25, 0.3) is 0 Å². The summed E-state index contributed by atoms with van der Waals surface area (Å²) < 4.78 is 0. The summed E-state index contributed by atoms with van der Waals surface area (Å²) in [7, 11) is 0. The van der Waals surface area contributed by atoms with Crippen molar-refractivity contribution in [2.45, 2.75) is 20.4 Å². The van der Waals surface area contributed by atoms with E-state index in [-0.39, 0.29) is 5.78 Å². The van der Waals surface area contributed by atoms with E-state index >= 15 is 0 Å². The summed E-state index contributed by atoms with van der Waals surface area (Å²) in [6.07, 6.45) is 1.52. The Labute approximate surface area is 147 Å². The van der Waals surface area contributed by atoms with Gasteiger partial charge >= 0.3 is 0 Å². The van der Waals surface area contributed by atoms with Gasteiger partial charge < -0.3 is 10.6 Å². The van der Waals surface area contributed by atoms with Gasteiger partial charge in [0.2, 0.25) is 0 Å². The number of Topliss-reactive ketones (excluding diaryl/α,β-unsaturated/α-hetero) is 1. The molecular weight excluding hydrogens is 312 g/mol. The minimum absolute atomic E-state index is 0.0520. The van der Waals surface area contributed by atoms with Crippen molar-refractivity contribution in [1.29, 1.82) is 0 Å². The van der Waals surface area contributed by atoms with Gasteiger partial charge in [-0.05, 0) is 43.7 Å². The number of nitrogens with zero attached hydrogens (tertiary/aromatic N) is 2. The topological polar surface area (TPSA) is 66.9 Å². The van der Waals surface area contributed by atoms with Crippen LogP contribution in [0, 0.1) is 6.92 Å². The van der Waals surface area contributed by atoms with Crippen LogP contribution in [0.4, 0.5) is 17.3 Å². The molecular formula is C20H20N4O. The largest absolute Gasteiger partial charge is 0.366 e. The van der Waals surface area contributed by atoms with Gasteiger partial charge in [0.25, 0.3) is 0 Å². The minimum atomic E-state index is 0.0520. The predicted molar refractivity (Wildman–Crippen MR) is 100 cm³/mol. The normalized spacial score (nSPS) is 10.3. The molecule has 25 heavy (non-hydrogen) atoms. The summed E-state index contributed by atoms with van der Waals surface area (Å²) in [6, 6.07) is 17.5. The maximum atomic E-state index is 11.3. The molecule has 126 valence electrons. The second-order valence-corrected chi connectivity index (χ2v) is 5.89. The summed E-state index contributed by atoms with van der Waals surface area (Å²) >= 11 is 0. The monoisotopic (exact) mass is 332 g/mol. The molecule has 0 saturated heterocycles. The van der Waals surface area contributed by atoms with Crippen LogP contribution in [0.15, 0.2) is 60.9 Å². The van der Waals surface area contributed by atoms with E-state index < -0.39 is 0 Å². The molecule has 0 bridgehead atoms. The van der Waals surface area contributed by atoms with Crippen molar-refractivity contribution >= 4 is 23.1 Å². The zero-order valence-electron chi connectivity index (χ0n) is 14.3. The van der Waals surface area contributed by atoms with Crippen LogP contribution in [0.5, 0.6) is 0 Å². The summed E-state index contributed by atoms with van der Waals surface area (Å²) in [5, 5.41) is 6.51. The van der Waals surface area contributed by atoms with E-state index in [1.54, 1.807) is 19.1 Å². The Morgan fingerprint density at radius 2 is 1.64 bits per heavy atom. The van der Waals surface area contributed by atoms with E-state index in [2.05, 4.69) is 51.8 Å². The Morgan fingerprint density at radius 3 is 2.32 bits per heavy atom.